The van der Waals surface area contributed by atoms with Crippen molar-refractivity contribution in [1.82, 2.24) is 19.9 Å². The number of carboxylic acid groups (broad SMARTS) is 1. The summed E-state index contributed by atoms with van der Waals surface area (Å²) in [5.41, 5.74) is 0.477. The van der Waals surface area contributed by atoms with Gasteiger partial charge in [0, 0.05) is 13.1 Å². The van der Waals surface area contributed by atoms with Gasteiger partial charge in [-0.05, 0) is 24.2 Å². The molecule has 0 aromatic carbocycles. The highest BCUT2D eigenvalue weighted by molar-refractivity contribution is 5.92. The highest BCUT2D eigenvalue weighted by atomic mass is 16.4. The van der Waals surface area contributed by atoms with Crippen molar-refractivity contribution in [3.8, 4) is 0 Å². The van der Waals surface area contributed by atoms with E-state index in [9.17, 15) is 9.59 Å². The first-order valence-electron chi connectivity index (χ1n) is 7.18. The number of carboxylic acids is 1. The summed E-state index contributed by atoms with van der Waals surface area (Å²) >= 11 is 0. The summed E-state index contributed by atoms with van der Waals surface area (Å²) in [6.07, 6.45) is 3.36. The van der Waals surface area contributed by atoms with Gasteiger partial charge in [-0.25, -0.2) is 4.68 Å². The molecule has 2 rings (SSSR count). The van der Waals surface area contributed by atoms with Crippen molar-refractivity contribution < 1.29 is 14.7 Å². The van der Waals surface area contributed by atoms with E-state index in [0.717, 1.165) is 17.5 Å². The lowest BCUT2D eigenvalue weighted by atomic mass is 9.75. The molecule has 0 aliphatic carbocycles. The molecular formula is C14H22N4O3. The molecule has 0 spiro atoms. The van der Waals surface area contributed by atoms with Gasteiger partial charge in [-0.1, -0.05) is 26.0 Å². The third-order valence-corrected chi connectivity index (χ3v) is 4.06. The van der Waals surface area contributed by atoms with Crippen molar-refractivity contribution in [3.63, 3.8) is 0 Å². The molecule has 0 bridgehead atoms. The molecule has 1 amide bonds. The molecule has 7 heteroatoms. The molecule has 1 saturated heterocycles. The molecule has 0 saturated carbocycles. The Morgan fingerprint density at radius 1 is 1.33 bits per heavy atom. The van der Waals surface area contributed by atoms with E-state index in [1.807, 2.05) is 0 Å². The van der Waals surface area contributed by atoms with Gasteiger partial charge in [0.15, 0.2) is 5.69 Å². The molecule has 1 aliphatic heterocycles. The Balaban J connectivity index is 1.96. The minimum Gasteiger partial charge on any atom is -0.480 e. The number of hydrogen-bond acceptors (Lipinski definition) is 4. The Hall–Kier alpha value is -1.92. The molecule has 1 fully saturated rings. The van der Waals surface area contributed by atoms with Gasteiger partial charge in [-0.15, -0.1) is 5.10 Å². The fourth-order valence-electron chi connectivity index (χ4n) is 2.72. The number of likely N-dealkylation sites (tertiary alicyclic amines) is 1. The fraction of sp³-hybridized carbons (Fsp3) is 0.714. The third kappa shape index (κ3) is 3.80. The molecule has 21 heavy (non-hydrogen) atoms. The third-order valence-electron chi connectivity index (χ3n) is 4.06. The van der Waals surface area contributed by atoms with Crippen molar-refractivity contribution in [3.05, 3.63) is 11.9 Å². The quantitative estimate of drug-likeness (QED) is 0.906. The predicted octanol–water partition coefficient (Wildman–Crippen LogP) is 1.26. The van der Waals surface area contributed by atoms with Crippen LogP contribution in [0.15, 0.2) is 6.20 Å². The summed E-state index contributed by atoms with van der Waals surface area (Å²) in [7, 11) is 0. The Bertz CT molecular complexity index is 525. The summed E-state index contributed by atoms with van der Waals surface area (Å²) in [6.45, 7) is 7.83. The molecule has 1 N–H and O–H groups in total. The van der Waals surface area contributed by atoms with Crippen molar-refractivity contribution in [2.75, 3.05) is 13.1 Å². The zero-order valence-electron chi connectivity index (χ0n) is 12.7. The average molecular weight is 294 g/mol. The number of amides is 1. The van der Waals surface area contributed by atoms with Crippen LogP contribution in [-0.4, -0.2) is 50.0 Å². The second-order valence-corrected chi connectivity index (χ2v) is 6.63. The number of aromatic nitrogens is 3. The molecule has 0 atom stereocenters. The van der Waals surface area contributed by atoms with Crippen molar-refractivity contribution in [2.45, 2.75) is 40.2 Å². The average Bonchev–Trinajstić information content (AvgIpc) is 2.84. The minimum absolute atomic E-state index is 0.168. The first-order chi connectivity index (χ1) is 9.77. The van der Waals surface area contributed by atoms with Gasteiger partial charge in [0.05, 0.1) is 6.20 Å². The van der Waals surface area contributed by atoms with Gasteiger partial charge in [0.1, 0.15) is 6.54 Å². The van der Waals surface area contributed by atoms with Crippen LogP contribution < -0.4 is 0 Å². The second kappa shape index (κ2) is 5.83. The van der Waals surface area contributed by atoms with E-state index in [0.29, 0.717) is 19.0 Å². The number of carbonyl (C=O) groups is 2. The number of rotatable bonds is 3. The number of piperidine rings is 1. The van der Waals surface area contributed by atoms with Crippen LogP contribution in [-0.2, 0) is 11.3 Å². The standard InChI is InChI=1S/C14H22N4O3/c1-14(2,3)10-4-6-17(7-5-10)13(21)11-8-18(16-15-11)9-12(19)20/h8,10H,4-7,9H2,1-3H3,(H,19,20). The summed E-state index contributed by atoms with van der Waals surface area (Å²) in [5.74, 6) is -0.562. The highest BCUT2D eigenvalue weighted by Gasteiger charge is 2.31. The van der Waals surface area contributed by atoms with Crippen molar-refractivity contribution in [1.29, 1.82) is 0 Å². The molecule has 7 nitrogen and oxygen atoms in total. The van der Waals surface area contributed by atoms with E-state index in [-0.39, 0.29) is 23.6 Å². The van der Waals surface area contributed by atoms with Gasteiger partial charge in [0.25, 0.3) is 5.91 Å². The van der Waals surface area contributed by atoms with Crippen LogP contribution in [0.25, 0.3) is 0 Å². The van der Waals surface area contributed by atoms with E-state index in [2.05, 4.69) is 31.1 Å². The predicted molar refractivity (Wildman–Crippen MR) is 75.7 cm³/mol. The molecule has 2 heterocycles. The molecule has 1 aliphatic rings. The largest absolute Gasteiger partial charge is 0.480 e. The summed E-state index contributed by atoms with van der Waals surface area (Å²) in [5, 5.41) is 16.1. The van der Waals surface area contributed by atoms with Gasteiger partial charge in [-0.3, -0.25) is 9.59 Å². The first kappa shape index (κ1) is 15.5. The monoisotopic (exact) mass is 294 g/mol. The topological polar surface area (TPSA) is 88.3 Å². The summed E-state index contributed by atoms with van der Waals surface area (Å²) < 4.78 is 1.16. The molecule has 116 valence electrons. The van der Waals surface area contributed by atoms with Crippen LogP contribution in [0.4, 0.5) is 0 Å². The van der Waals surface area contributed by atoms with Crippen molar-refractivity contribution >= 4 is 11.9 Å². The van der Waals surface area contributed by atoms with Gasteiger partial charge in [0.2, 0.25) is 0 Å². The number of aliphatic carboxylic acids is 1. The SMILES string of the molecule is CC(C)(C)C1CCN(C(=O)c2cn(CC(=O)O)nn2)CC1. The Morgan fingerprint density at radius 2 is 1.95 bits per heavy atom. The molecule has 0 radical (unpaired) electrons. The Morgan fingerprint density at radius 3 is 2.48 bits per heavy atom. The van der Waals surface area contributed by atoms with Crippen LogP contribution in [0, 0.1) is 11.3 Å². The van der Waals surface area contributed by atoms with E-state index in [1.165, 1.54) is 6.20 Å². The zero-order valence-corrected chi connectivity index (χ0v) is 12.7. The van der Waals surface area contributed by atoms with Crippen molar-refractivity contribution in [2.24, 2.45) is 11.3 Å². The van der Waals surface area contributed by atoms with Crippen LogP contribution in [0.5, 0.6) is 0 Å². The van der Waals surface area contributed by atoms with E-state index >= 15 is 0 Å². The summed E-state index contributed by atoms with van der Waals surface area (Å²) in [6, 6.07) is 0. The maximum Gasteiger partial charge on any atom is 0.325 e. The maximum atomic E-state index is 12.3. The maximum absolute atomic E-state index is 12.3. The van der Waals surface area contributed by atoms with Crippen LogP contribution in [0.2, 0.25) is 0 Å². The first-order valence-corrected chi connectivity index (χ1v) is 7.18. The van der Waals surface area contributed by atoms with Gasteiger partial charge < -0.3 is 10.0 Å². The Kier molecular flexibility index (Phi) is 4.29. The number of hydrogen-bond donors (Lipinski definition) is 1. The Labute approximate surface area is 123 Å². The molecule has 1 aromatic rings. The van der Waals surface area contributed by atoms with E-state index in [1.54, 1.807) is 4.90 Å². The van der Waals surface area contributed by atoms with Crippen LogP contribution >= 0.6 is 0 Å². The van der Waals surface area contributed by atoms with E-state index < -0.39 is 5.97 Å². The fourth-order valence-corrected chi connectivity index (χ4v) is 2.72. The molecule has 1 aromatic heterocycles. The molecular weight excluding hydrogens is 272 g/mol. The van der Waals surface area contributed by atoms with E-state index in [4.69, 9.17) is 5.11 Å². The lowest BCUT2D eigenvalue weighted by molar-refractivity contribution is -0.137. The number of carbonyl (C=O) groups excluding carboxylic acids is 1. The lowest BCUT2D eigenvalue weighted by Crippen LogP contribution is -2.41. The molecule has 0 unspecified atom stereocenters. The minimum atomic E-state index is -1.01. The highest BCUT2D eigenvalue weighted by Crippen LogP contribution is 2.34. The smallest absolute Gasteiger partial charge is 0.325 e. The van der Waals surface area contributed by atoms with Gasteiger partial charge >= 0.3 is 5.97 Å². The van der Waals surface area contributed by atoms with Gasteiger partial charge in [-0.2, -0.15) is 0 Å². The lowest BCUT2D eigenvalue weighted by Gasteiger charge is -2.38. The number of nitrogens with zero attached hydrogens (tertiary/aromatic N) is 4. The van der Waals surface area contributed by atoms with Crippen LogP contribution in [0.1, 0.15) is 44.1 Å². The second-order valence-electron chi connectivity index (χ2n) is 6.63. The van der Waals surface area contributed by atoms with Crippen LogP contribution in [0.3, 0.4) is 0 Å². The zero-order chi connectivity index (χ0) is 15.6. The normalized spacial score (nSPS) is 17.0. The summed E-state index contributed by atoms with van der Waals surface area (Å²) in [4.78, 5) is 24.7.